The molecule has 15 heavy (non-hydrogen) atoms. The molecule has 0 saturated carbocycles. The number of nitrogens with one attached hydrogen (secondary N) is 1. The molecule has 0 atom stereocenters. The molecule has 0 bridgehead atoms. The normalized spacial score (nSPS) is 10.3. The van der Waals surface area contributed by atoms with Gasteiger partial charge in [-0.2, -0.15) is 0 Å². The lowest BCUT2D eigenvalue weighted by Gasteiger charge is -1.98. The van der Waals surface area contributed by atoms with Gasteiger partial charge < -0.3 is 10.7 Å². The Morgan fingerprint density at radius 3 is 2.73 bits per heavy atom. The van der Waals surface area contributed by atoms with E-state index in [4.69, 9.17) is 5.73 Å². The number of fused-ring (bicyclic) bond motifs is 1. The van der Waals surface area contributed by atoms with Crippen LogP contribution in [0.25, 0.3) is 11.0 Å². The fourth-order valence-electron chi connectivity index (χ4n) is 1.62. The average Bonchev–Trinajstić information content (AvgIpc) is 2.56. The summed E-state index contributed by atoms with van der Waals surface area (Å²) < 4.78 is 0. The molecular weight excluding hydrogens is 210 g/mol. The van der Waals surface area contributed by atoms with E-state index in [9.17, 15) is 0 Å². The maximum absolute atomic E-state index is 5.49. The minimum atomic E-state index is 0. The van der Waals surface area contributed by atoms with Crippen molar-refractivity contribution in [2.24, 2.45) is 5.73 Å². The summed E-state index contributed by atoms with van der Waals surface area (Å²) in [5.74, 6) is 0.983. The molecule has 0 amide bonds. The Morgan fingerprint density at radius 1 is 1.33 bits per heavy atom. The molecule has 2 rings (SSSR count). The van der Waals surface area contributed by atoms with Crippen LogP contribution in [0.2, 0.25) is 0 Å². The number of aromatic nitrogens is 2. The monoisotopic (exact) mass is 225 g/mol. The lowest BCUT2D eigenvalue weighted by atomic mass is 10.1. The molecule has 0 aliphatic rings. The summed E-state index contributed by atoms with van der Waals surface area (Å²) in [6, 6.07) is 4.19. The predicted octanol–water partition coefficient (Wildman–Crippen LogP) is 2.10. The minimum absolute atomic E-state index is 0. The Morgan fingerprint density at radius 2 is 2.07 bits per heavy atom. The largest absolute Gasteiger partial charge is 0.342 e. The van der Waals surface area contributed by atoms with Crippen molar-refractivity contribution in [2.45, 2.75) is 20.3 Å². The molecule has 82 valence electrons. The van der Waals surface area contributed by atoms with E-state index in [1.54, 1.807) is 0 Å². The van der Waals surface area contributed by atoms with Gasteiger partial charge in [0, 0.05) is 6.42 Å². The van der Waals surface area contributed by atoms with Crippen molar-refractivity contribution in [1.29, 1.82) is 0 Å². The van der Waals surface area contributed by atoms with Crippen molar-refractivity contribution < 1.29 is 0 Å². The van der Waals surface area contributed by atoms with Gasteiger partial charge in [0.25, 0.3) is 0 Å². The number of rotatable bonds is 2. The zero-order valence-corrected chi connectivity index (χ0v) is 9.82. The molecule has 1 aromatic carbocycles. The predicted molar refractivity (Wildman–Crippen MR) is 65.6 cm³/mol. The van der Waals surface area contributed by atoms with Crippen LogP contribution in [0.15, 0.2) is 12.1 Å². The Kier molecular flexibility index (Phi) is 3.72. The smallest absolute Gasteiger partial charge is 0.108 e. The molecule has 3 nitrogen and oxygen atoms in total. The van der Waals surface area contributed by atoms with Gasteiger partial charge >= 0.3 is 0 Å². The number of aromatic amines is 1. The first kappa shape index (κ1) is 12.0. The molecule has 0 saturated heterocycles. The third-order valence-electron chi connectivity index (χ3n) is 2.61. The van der Waals surface area contributed by atoms with Gasteiger partial charge in [0.05, 0.1) is 11.0 Å². The standard InChI is InChI=1S/C11H15N3.ClH/c1-7-3-4-9-11(8(7)2)14-10(13-9)5-6-12;/h3-4H,5-6,12H2,1-2H3,(H,13,14);1H. The number of benzene rings is 1. The highest BCUT2D eigenvalue weighted by Crippen LogP contribution is 2.19. The van der Waals surface area contributed by atoms with E-state index < -0.39 is 0 Å². The van der Waals surface area contributed by atoms with Crippen LogP contribution in [0.5, 0.6) is 0 Å². The van der Waals surface area contributed by atoms with E-state index in [0.29, 0.717) is 6.54 Å². The van der Waals surface area contributed by atoms with Crippen LogP contribution in [-0.4, -0.2) is 16.5 Å². The van der Waals surface area contributed by atoms with Crippen LogP contribution in [-0.2, 0) is 6.42 Å². The van der Waals surface area contributed by atoms with E-state index in [0.717, 1.165) is 23.3 Å². The molecule has 0 fully saturated rings. The molecule has 1 heterocycles. The zero-order chi connectivity index (χ0) is 10.1. The van der Waals surface area contributed by atoms with Gasteiger partial charge in [0.15, 0.2) is 0 Å². The molecule has 2 aromatic rings. The first-order valence-electron chi connectivity index (χ1n) is 4.87. The van der Waals surface area contributed by atoms with Gasteiger partial charge in [-0.15, -0.1) is 12.4 Å². The molecule has 0 aliphatic carbocycles. The van der Waals surface area contributed by atoms with Crippen molar-refractivity contribution in [2.75, 3.05) is 6.54 Å². The second kappa shape index (κ2) is 4.64. The van der Waals surface area contributed by atoms with Gasteiger partial charge in [0.2, 0.25) is 0 Å². The van der Waals surface area contributed by atoms with Gasteiger partial charge in [-0.1, -0.05) is 6.07 Å². The first-order valence-corrected chi connectivity index (χ1v) is 4.87. The van der Waals surface area contributed by atoms with Crippen LogP contribution in [0.3, 0.4) is 0 Å². The quantitative estimate of drug-likeness (QED) is 0.823. The van der Waals surface area contributed by atoms with E-state index >= 15 is 0 Å². The fourth-order valence-corrected chi connectivity index (χ4v) is 1.62. The maximum Gasteiger partial charge on any atom is 0.108 e. The zero-order valence-electron chi connectivity index (χ0n) is 9.00. The molecule has 1 aromatic heterocycles. The topological polar surface area (TPSA) is 54.7 Å². The number of halogens is 1. The highest BCUT2D eigenvalue weighted by molar-refractivity contribution is 5.85. The number of H-pyrrole nitrogens is 1. The maximum atomic E-state index is 5.49. The van der Waals surface area contributed by atoms with Crippen LogP contribution in [0.4, 0.5) is 0 Å². The number of aryl methyl sites for hydroxylation is 2. The van der Waals surface area contributed by atoms with Crippen molar-refractivity contribution in [3.8, 4) is 0 Å². The van der Waals surface area contributed by atoms with Gasteiger partial charge in [-0.3, -0.25) is 0 Å². The average molecular weight is 226 g/mol. The summed E-state index contributed by atoms with van der Waals surface area (Å²) in [4.78, 5) is 7.80. The summed E-state index contributed by atoms with van der Waals surface area (Å²) in [7, 11) is 0. The van der Waals surface area contributed by atoms with Crippen molar-refractivity contribution in [3.63, 3.8) is 0 Å². The summed E-state index contributed by atoms with van der Waals surface area (Å²) in [5.41, 5.74) is 10.2. The number of hydrogen-bond donors (Lipinski definition) is 2. The highest BCUT2D eigenvalue weighted by atomic mass is 35.5. The summed E-state index contributed by atoms with van der Waals surface area (Å²) >= 11 is 0. The third kappa shape index (κ3) is 2.13. The van der Waals surface area contributed by atoms with Gasteiger partial charge in [0.1, 0.15) is 5.82 Å². The fraction of sp³-hybridized carbons (Fsp3) is 0.364. The molecule has 0 spiro atoms. The van der Waals surface area contributed by atoms with Crippen LogP contribution in [0.1, 0.15) is 17.0 Å². The third-order valence-corrected chi connectivity index (χ3v) is 2.61. The summed E-state index contributed by atoms with van der Waals surface area (Å²) in [6.07, 6.45) is 0.813. The van der Waals surface area contributed by atoms with E-state index in [1.165, 1.54) is 11.1 Å². The van der Waals surface area contributed by atoms with Crippen LogP contribution < -0.4 is 5.73 Å². The number of imidazole rings is 1. The number of nitrogens with zero attached hydrogens (tertiary/aromatic N) is 1. The second-order valence-electron chi connectivity index (χ2n) is 3.63. The van der Waals surface area contributed by atoms with E-state index in [-0.39, 0.29) is 12.4 Å². The van der Waals surface area contributed by atoms with Crippen LogP contribution >= 0.6 is 12.4 Å². The molecule has 0 unspecified atom stereocenters. The summed E-state index contributed by atoms with van der Waals surface area (Å²) in [5, 5.41) is 0. The Labute approximate surface area is 95.5 Å². The van der Waals surface area contributed by atoms with E-state index in [1.807, 2.05) is 0 Å². The highest BCUT2D eigenvalue weighted by Gasteiger charge is 2.05. The Hall–Kier alpha value is -1.06. The molecule has 0 radical (unpaired) electrons. The van der Waals surface area contributed by atoms with Crippen molar-refractivity contribution in [1.82, 2.24) is 9.97 Å². The minimum Gasteiger partial charge on any atom is -0.342 e. The first-order chi connectivity index (χ1) is 6.72. The molecule has 3 N–H and O–H groups in total. The van der Waals surface area contributed by atoms with Gasteiger partial charge in [-0.25, -0.2) is 4.98 Å². The van der Waals surface area contributed by atoms with Crippen molar-refractivity contribution in [3.05, 3.63) is 29.1 Å². The molecule has 4 heteroatoms. The molecule has 0 aliphatic heterocycles. The SMILES string of the molecule is Cc1ccc2[nH]c(CCN)nc2c1C.Cl. The number of nitrogens with two attached hydrogens (primary N) is 1. The Bertz CT molecular complexity index is 462. The lowest BCUT2D eigenvalue weighted by Crippen LogP contribution is -2.03. The Balaban J connectivity index is 0.00000112. The lowest BCUT2D eigenvalue weighted by molar-refractivity contribution is 0.900. The van der Waals surface area contributed by atoms with Gasteiger partial charge in [-0.05, 0) is 37.6 Å². The van der Waals surface area contributed by atoms with Crippen LogP contribution in [0, 0.1) is 13.8 Å². The van der Waals surface area contributed by atoms with E-state index in [2.05, 4.69) is 35.9 Å². The molecular formula is C11H16ClN3. The van der Waals surface area contributed by atoms with Crippen molar-refractivity contribution >= 4 is 23.4 Å². The number of hydrogen-bond acceptors (Lipinski definition) is 2. The summed E-state index contributed by atoms with van der Waals surface area (Å²) in [6.45, 7) is 4.84. The second-order valence-corrected chi connectivity index (χ2v) is 3.63.